The molecule has 1 aromatic heterocycles. The molecule has 3 rings (SSSR count). The molecular formula is C19H24N2O2. The van der Waals surface area contributed by atoms with Crippen LogP contribution in [0.4, 0.5) is 0 Å². The largest absolute Gasteiger partial charge is 0.492 e. The van der Waals surface area contributed by atoms with Gasteiger partial charge in [0.2, 0.25) is 0 Å². The van der Waals surface area contributed by atoms with E-state index in [0.717, 1.165) is 55.0 Å². The molecule has 0 radical (unpaired) electrons. The van der Waals surface area contributed by atoms with E-state index >= 15 is 0 Å². The fraction of sp³-hybridized carbons (Fsp3) is 0.421. The highest BCUT2D eigenvalue weighted by Gasteiger charge is 2.21. The lowest BCUT2D eigenvalue weighted by molar-refractivity contribution is 0.0972. The van der Waals surface area contributed by atoms with E-state index in [-0.39, 0.29) is 5.78 Å². The van der Waals surface area contributed by atoms with Crippen molar-refractivity contribution in [1.82, 2.24) is 9.88 Å². The molecule has 1 aliphatic rings. The summed E-state index contributed by atoms with van der Waals surface area (Å²) in [4.78, 5) is 12.0. The summed E-state index contributed by atoms with van der Waals surface area (Å²) in [6.45, 7) is 4.68. The van der Waals surface area contributed by atoms with Gasteiger partial charge in [0.15, 0.2) is 5.78 Å². The van der Waals surface area contributed by atoms with Crippen molar-refractivity contribution in [2.75, 3.05) is 19.7 Å². The van der Waals surface area contributed by atoms with Crippen molar-refractivity contribution in [3.05, 3.63) is 47.8 Å². The zero-order valence-electron chi connectivity index (χ0n) is 13.7. The molecule has 1 heterocycles. The highest BCUT2D eigenvalue weighted by atomic mass is 16.5. The normalized spacial score (nSPS) is 13.9. The minimum Gasteiger partial charge on any atom is -0.492 e. The van der Waals surface area contributed by atoms with Gasteiger partial charge < -0.3 is 14.6 Å². The molecule has 0 unspecified atom stereocenters. The number of ketones is 1. The number of hydrogen-bond donors (Lipinski definition) is 1. The van der Waals surface area contributed by atoms with Crippen LogP contribution in [-0.2, 0) is 6.42 Å². The molecule has 1 aliphatic carbocycles. The number of benzene rings is 1. The van der Waals surface area contributed by atoms with E-state index in [1.54, 1.807) is 0 Å². The Labute approximate surface area is 137 Å². The Balaban J connectivity index is 1.72. The van der Waals surface area contributed by atoms with Gasteiger partial charge in [-0.1, -0.05) is 13.0 Å². The summed E-state index contributed by atoms with van der Waals surface area (Å²) in [6.07, 6.45) is 5.70. The predicted octanol–water partition coefficient (Wildman–Crippen LogP) is 3.37. The van der Waals surface area contributed by atoms with Crippen molar-refractivity contribution < 1.29 is 9.53 Å². The third kappa shape index (κ3) is 3.64. The van der Waals surface area contributed by atoms with Crippen LogP contribution >= 0.6 is 0 Å². The number of carbonyl (C=O) groups is 1. The molecule has 0 saturated heterocycles. The molecule has 0 fully saturated rings. The second-order valence-electron chi connectivity index (χ2n) is 5.92. The number of fused-ring (bicyclic) bond motifs is 1. The second kappa shape index (κ2) is 7.47. The fourth-order valence-corrected chi connectivity index (χ4v) is 3.03. The maximum atomic E-state index is 12.0. The summed E-state index contributed by atoms with van der Waals surface area (Å²) >= 11 is 0. The number of Topliss-reactive ketones (excluding diaryl/α,β-unsaturated/α-hetero) is 1. The first-order valence-electron chi connectivity index (χ1n) is 8.47. The van der Waals surface area contributed by atoms with Gasteiger partial charge >= 0.3 is 0 Å². The van der Waals surface area contributed by atoms with Crippen molar-refractivity contribution in [3.63, 3.8) is 0 Å². The van der Waals surface area contributed by atoms with Crippen LogP contribution in [-0.4, -0.2) is 30.0 Å². The van der Waals surface area contributed by atoms with Gasteiger partial charge in [-0.25, -0.2) is 0 Å². The smallest absolute Gasteiger partial charge is 0.164 e. The second-order valence-corrected chi connectivity index (χ2v) is 5.92. The highest BCUT2D eigenvalue weighted by molar-refractivity contribution is 5.98. The van der Waals surface area contributed by atoms with Crippen LogP contribution in [0.5, 0.6) is 5.75 Å². The van der Waals surface area contributed by atoms with E-state index in [2.05, 4.69) is 22.9 Å². The first-order chi connectivity index (χ1) is 11.3. The summed E-state index contributed by atoms with van der Waals surface area (Å²) in [5.41, 5.74) is 3.06. The van der Waals surface area contributed by atoms with Crippen LogP contribution in [0.25, 0.3) is 5.69 Å². The molecule has 4 nitrogen and oxygen atoms in total. The van der Waals surface area contributed by atoms with Gasteiger partial charge in [-0.2, -0.15) is 0 Å². The molecule has 0 atom stereocenters. The third-order valence-electron chi connectivity index (χ3n) is 4.18. The first-order valence-corrected chi connectivity index (χ1v) is 8.47. The molecule has 0 aliphatic heterocycles. The molecule has 2 aromatic rings. The van der Waals surface area contributed by atoms with E-state index in [9.17, 15) is 4.79 Å². The van der Waals surface area contributed by atoms with E-state index in [0.29, 0.717) is 13.0 Å². The van der Waals surface area contributed by atoms with Crippen molar-refractivity contribution in [2.24, 2.45) is 0 Å². The predicted molar refractivity (Wildman–Crippen MR) is 91.7 cm³/mol. The number of carbonyl (C=O) groups excluding carboxylic acids is 1. The molecule has 0 spiro atoms. The summed E-state index contributed by atoms with van der Waals surface area (Å²) in [6, 6.07) is 10.0. The van der Waals surface area contributed by atoms with Gasteiger partial charge in [-0.05, 0) is 44.0 Å². The summed E-state index contributed by atoms with van der Waals surface area (Å²) in [5.74, 6) is 1.13. The zero-order chi connectivity index (χ0) is 16.1. The van der Waals surface area contributed by atoms with Crippen LogP contribution in [0.15, 0.2) is 36.5 Å². The number of hydrogen-bond acceptors (Lipinski definition) is 3. The number of ether oxygens (including phenoxy) is 1. The average Bonchev–Trinajstić information content (AvgIpc) is 3.00. The average molecular weight is 312 g/mol. The molecule has 4 heteroatoms. The minimum atomic E-state index is 0.263. The summed E-state index contributed by atoms with van der Waals surface area (Å²) in [7, 11) is 0. The quantitative estimate of drug-likeness (QED) is 0.797. The van der Waals surface area contributed by atoms with Crippen LogP contribution in [0.3, 0.4) is 0 Å². The Bertz CT molecular complexity index is 676. The lowest BCUT2D eigenvalue weighted by atomic mass is 9.97. The van der Waals surface area contributed by atoms with E-state index < -0.39 is 0 Å². The number of nitrogens with one attached hydrogen (secondary N) is 1. The molecule has 0 bridgehead atoms. The van der Waals surface area contributed by atoms with Crippen LogP contribution in [0, 0.1) is 0 Å². The van der Waals surface area contributed by atoms with Gasteiger partial charge in [-0.3, -0.25) is 4.79 Å². The fourth-order valence-electron chi connectivity index (χ4n) is 3.03. The highest BCUT2D eigenvalue weighted by Crippen LogP contribution is 2.26. The van der Waals surface area contributed by atoms with E-state index in [1.807, 2.05) is 30.5 Å². The molecule has 122 valence electrons. The molecule has 0 amide bonds. The van der Waals surface area contributed by atoms with Crippen LogP contribution in [0.1, 0.15) is 42.2 Å². The van der Waals surface area contributed by atoms with Gasteiger partial charge in [0.25, 0.3) is 0 Å². The van der Waals surface area contributed by atoms with Gasteiger partial charge in [0, 0.05) is 42.2 Å². The topological polar surface area (TPSA) is 43.3 Å². The summed E-state index contributed by atoms with van der Waals surface area (Å²) < 4.78 is 7.93. The molecule has 1 N–H and O–H groups in total. The first kappa shape index (κ1) is 15.8. The Hall–Kier alpha value is -2.07. The van der Waals surface area contributed by atoms with Gasteiger partial charge in [-0.15, -0.1) is 0 Å². The molecule has 1 aromatic carbocycles. The molecule has 0 saturated carbocycles. The lowest BCUT2D eigenvalue weighted by Gasteiger charge is -2.16. The Morgan fingerprint density at radius 2 is 2.13 bits per heavy atom. The molecular weight excluding hydrogens is 288 g/mol. The van der Waals surface area contributed by atoms with Crippen molar-refractivity contribution in [3.8, 4) is 11.4 Å². The lowest BCUT2D eigenvalue weighted by Crippen LogP contribution is -2.21. The molecule has 23 heavy (non-hydrogen) atoms. The van der Waals surface area contributed by atoms with Gasteiger partial charge in [0.1, 0.15) is 12.4 Å². The Morgan fingerprint density at radius 1 is 1.22 bits per heavy atom. The minimum absolute atomic E-state index is 0.263. The summed E-state index contributed by atoms with van der Waals surface area (Å²) in [5, 5.41) is 3.33. The number of aromatic nitrogens is 1. The van der Waals surface area contributed by atoms with Crippen molar-refractivity contribution >= 4 is 5.78 Å². The SMILES string of the molecule is CCCNCCOc1cccc(-n2ccc3c2CCCC3=O)c1. The third-order valence-corrected chi connectivity index (χ3v) is 4.18. The van der Waals surface area contributed by atoms with Crippen LogP contribution < -0.4 is 10.1 Å². The van der Waals surface area contributed by atoms with Crippen LogP contribution in [0.2, 0.25) is 0 Å². The zero-order valence-corrected chi connectivity index (χ0v) is 13.7. The Kier molecular flexibility index (Phi) is 5.13. The van der Waals surface area contributed by atoms with E-state index in [4.69, 9.17) is 4.74 Å². The van der Waals surface area contributed by atoms with Crippen molar-refractivity contribution in [2.45, 2.75) is 32.6 Å². The Morgan fingerprint density at radius 3 is 3.00 bits per heavy atom. The maximum Gasteiger partial charge on any atom is 0.164 e. The standard InChI is InChI=1S/C19H24N2O2/c1-2-10-20-11-13-23-16-6-3-5-15(14-16)21-12-9-17-18(21)7-4-8-19(17)22/h3,5-6,9,12,14,20H,2,4,7-8,10-11,13H2,1H3. The van der Waals surface area contributed by atoms with Crippen molar-refractivity contribution in [1.29, 1.82) is 0 Å². The van der Waals surface area contributed by atoms with Gasteiger partial charge in [0.05, 0.1) is 0 Å². The number of nitrogens with zero attached hydrogens (tertiary/aromatic N) is 1. The monoisotopic (exact) mass is 312 g/mol. The maximum absolute atomic E-state index is 12.0. The van der Waals surface area contributed by atoms with E-state index in [1.165, 1.54) is 0 Å². The number of rotatable bonds is 7.